The van der Waals surface area contributed by atoms with Crippen molar-refractivity contribution >= 4 is 62.3 Å². The highest BCUT2D eigenvalue weighted by molar-refractivity contribution is 9.10. The number of hydrogen-bond acceptors (Lipinski definition) is 2. The monoisotopic (exact) mass is 454 g/mol. The minimum Gasteiger partial charge on any atom is -0.326 e. The second-order valence-corrected chi connectivity index (χ2v) is 8.05. The molecule has 0 aromatic heterocycles. The van der Waals surface area contributed by atoms with Crippen molar-refractivity contribution in [1.29, 1.82) is 0 Å². The lowest BCUT2D eigenvalue weighted by Gasteiger charge is -2.18. The lowest BCUT2D eigenvalue weighted by molar-refractivity contribution is -0.122. The zero-order valence-electron chi connectivity index (χ0n) is 14.3. The number of halogens is 3. The molecule has 1 aliphatic rings. The molecular formula is C19H17BrCl2N2O2. The second-order valence-electron chi connectivity index (χ2n) is 6.41. The van der Waals surface area contributed by atoms with E-state index in [1.54, 1.807) is 18.2 Å². The highest BCUT2D eigenvalue weighted by atomic mass is 79.9. The smallest absolute Gasteiger partial charge is 0.229 e. The molecule has 3 rings (SSSR count). The van der Waals surface area contributed by atoms with Crippen LogP contribution in [0.4, 0.5) is 11.4 Å². The van der Waals surface area contributed by atoms with Crippen LogP contribution in [-0.4, -0.2) is 18.4 Å². The molecule has 1 heterocycles. The fourth-order valence-corrected chi connectivity index (χ4v) is 3.69. The Hall–Kier alpha value is -1.56. The number of nitrogens with zero attached hydrogens (tertiary/aromatic N) is 1. The van der Waals surface area contributed by atoms with Crippen LogP contribution in [0.3, 0.4) is 0 Å². The number of anilines is 2. The molecule has 2 aromatic rings. The number of rotatable bonds is 3. The third-order valence-electron chi connectivity index (χ3n) is 4.40. The molecule has 7 heteroatoms. The molecule has 0 bridgehead atoms. The van der Waals surface area contributed by atoms with Crippen molar-refractivity contribution in [3.63, 3.8) is 0 Å². The quantitative estimate of drug-likeness (QED) is 0.676. The normalized spacial score (nSPS) is 16.9. The van der Waals surface area contributed by atoms with Gasteiger partial charge in [-0.25, -0.2) is 0 Å². The van der Waals surface area contributed by atoms with E-state index in [2.05, 4.69) is 21.2 Å². The van der Waals surface area contributed by atoms with Gasteiger partial charge in [0.25, 0.3) is 0 Å². The van der Waals surface area contributed by atoms with Crippen molar-refractivity contribution < 1.29 is 9.59 Å². The molecule has 2 amide bonds. The molecule has 26 heavy (non-hydrogen) atoms. The largest absolute Gasteiger partial charge is 0.326 e. The maximum absolute atomic E-state index is 12.6. The first-order valence-electron chi connectivity index (χ1n) is 8.09. The summed E-state index contributed by atoms with van der Waals surface area (Å²) >= 11 is 15.7. The number of hydrogen-bond donors (Lipinski definition) is 1. The maximum atomic E-state index is 12.6. The summed E-state index contributed by atoms with van der Waals surface area (Å²) in [5.74, 6) is -0.764. The van der Waals surface area contributed by atoms with Gasteiger partial charge in [-0.1, -0.05) is 39.1 Å². The molecule has 0 spiro atoms. The van der Waals surface area contributed by atoms with E-state index in [1.165, 1.54) is 4.90 Å². The SMILES string of the molecule is Cc1cc(NC(=O)[C@@H]2CC(=O)N(c3cc(Cl)ccc3Cl)C2)cc(C)c1Br. The van der Waals surface area contributed by atoms with Crippen LogP contribution in [0.5, 0.6) is 0 Å². The third kappa shape index (κ3) is 3.90. The summed E-state index contributed by atoms with van der Waals surface area (Å²) in [6.07, 6.45) is 0.142. The van der Waals surface area contributed by atoms with Gasteiger partial charge in [0.2, 0.25) is 11.8 Å². The van der Waals surface area contributed by atoms with E-state index < -0.39 is 5.92 Å². The Morgan fingerprint density at radius 1 is 1.19 bits per heavy atom. The van der Waals surface area contributed by atoms with Crippen LogP contribution in [0.1, 0.15) is 17.5 Å². The van der Waals surface area contributed by atoms with Gasteiger partial charge in [-0.3, -0.25) is 9.59 Å². The van der Waals surface area contributed by atoms with E-state index in [1.807, 2.05) is 26.0 Å². The summed E-state index contributed by atoms with van der Waals surface area (Å²) in [5, 5.41) is 3.84. The summed E-state index contributed by atoms with van der Waals surface area (Å²) in [6, 6.07) is 8.75. The molecule has 1 atom stereocenters. The van der Waals surface area contributed by atoms with Crippen molar-refractivity contribution in [1.82, 2.24) is 0 Å². The average molecular weight is 456 g/mol. The highest BCUT2D eigenvalue weighted by Crippen LogP contribution is 2.34. The van der Waals surface area contributed by atoms with Crippen LogP contribution >= 0.6 is 39.1 Å². The van der Waals surface area contributed by atoms with Crippen molar-refractivity contribution in [3.05, 3.63) is 56.0 Å². The summed E-state index contributed by atoms with van der Waals surface area (Å²) in [6.45, 7) is 4.21. The second kappa shape index (κ2) is 7.59. The molecule has 1 N–H and O–H groups in total. The van der Waals surface area contributed by atoms with E-state index in [0.29, 0.717) is 15.7 Å². The molecule has 2 aromatic carbocycles. The van der Waals surface area contributed by atoms with Gasteiger partial charge in [0, 0.05) is 28.1 Å². The number of carbonyl (C=O) groups is 2. The van der Waals surface area contributed by atoms with Gasteiger partial charge in [-0.15, -0.1) is 0 Å². The number of nitrogens with one attached hydrogen (secondary N) is 1. The standard InChI is InChI=1S/C19H17BrCl2N2O2/c1-10-5-14(6-11(2)18(10)20)23-19(26)12-7-17(25)24(9-12)16-8-13(21)3-4-15(16)22/h3-6,8,12H,7,9H2,1-2H3,(H,23,26)/t12-/m1/s1. The van der Waals surface area contributed by atoms with Gasteiger partial charge < -0.3 is 10.2 Å². The summed E-state index contributed by atoms with van der Waals surface area (Å²) in [5.41, 5.74) is 3.33. The van der Waals surface area contributed by atoms with Crippen LogP contribution < -0.4 is 10.2 Å². The summed E-state index contributed by atoms with van der Waals surface area (Å²) in [7, 11) is 0. The Bertz CT molecular complexity index is 878. The van der Waals surface area contributed by atoms with E-state index in [4.69, 9.17) is 23.2 Å². The topological polar surface area (TPSA) is 49.4 Å². The number of aryl methyl sites for hydroxylation is 2. The van der Waals surface area contributed by atoms with E-state index in [-0.39, 0.29) is 24.8 Å². The Morgan fingerprint density at radius 2 is 1.85 bits per heavy atom. The average Bonchev–Trinajstić information content (AvgIpc) is 2.96. The lowest BCUT2D eigenvalue weighted by atomic mass is 10.1. The minimum absolute atomic E-state index is 0.141. The summed E-state index contributed by atoms with van der Waals surface area (Å²) < 4.78 is 1.02. The van der Waals surface area contributed by atoms with Gasteiger partial charge in [0.1, 0.15) is 0 Å². The highest BCUT2D eigenvalue weighted by Gasteiger charge is 2.36. The number of carbonyl (C=O) groups excluding carboxylic acids is 2. The van der Waals surface area contributed by atoms with Gasteiger partial charge in [-0.05, 0) is 55.3 Å². The Morgan fingerprint density at radius 3 is 2.50 bits per heavy atom. The Balaban J connectivity index is 1.76. The van der Waals surface area contributed by atoms with Crippen LogP contribution in [0, 0.1) is 19.8 Å². The third-order valence-corrected chi connectivity index (χ3v) is 6.20. The van der Waals surface area contributed by atoms with Gasteiger partial charge in [0.05, 0.1) is 16.6 Å². The molecule has 1 saturated heterocycles. The fraction of sp³-hybridized carbons (Fsp3) is 0.263. The van der Waals surface area contributed by atoms with Gasteiger partial charge in [-0.2, -0.15) is 0 Å². The van der Waals surface area contributed by atoms with E-state index in [9.17, 15) is 9.59 Å². The van der Waals surface area contributed by atoms with Crippen molar-refractivity contribution in [2.24, 2.45) is 5.92 Å². The van der Waals surface area contributed by atoms with Crippen LogP contribution in [0.2, 0.25) is 10.0 Å². The fourth-order valence-electron chi connectivity index (χ4n) is 3.07. The zero-order chi connectivity index (χ0) is 19.0. The number of benzene rings is 2. The van der Waals surface area contributed by atoms with Crippen LogP contribution in [-0.2, 0) is 9.59 Å². The molecule has 136 valence electrons. The first kappa shape index (κ1) is 19.2. The summed E-state index contributed by atoms with van der Waals surface area (Å²) in [4.78, 5) is 26.6. The molecule has 0 aliphatic carbocycles. The Kier molecular flexibility index (Phi) is 5.61. The molecule has 0 saturated carbocycles. The molecule has 1 fully saturated rings. The Labute approximate surface area is 170 Å². The lowest BCUT2D eigenvalue weighted by Crippen LogP contribution is -2.28. The van der Waals surface area contributed by atoms with E-state index in [0.717, 1.165) is 21.3 Å². The van der Waals surface area contributed by atoms with E-state index >= 15 is 0 Å². The zero-order valence-corrected chi connectivity index (χ0v) is 17.4. The van der Waals surface area contributed by atoms with Crippen molar-refractivity contribution in [2.45, 2.75) is 20.3 Å². The first-order valence-corrected chi connectivity index (χ1v) is 9.64. The van der Waals surface area contributed by atoms with Crippen LogP contribution in [0.15, 0.2) is 34.8 Å². The predicted octanol–water partition coefficient (Wildman–Crippen LogP) is 5.36. The molecular weight excluding hydrogens is 439 g/mol. The number of amides is 2. The van der Waals surface area contributed by atoms with Gasteiger partial charge in [0.15, 0.2) is 0 Å². The maximum Gasteiger partial charge on any atom is 0.229 e. The minimum atomic E-state index is -0.443. The predicted molar refractivity (Wildman–Crippen MR) is 109 cm³/mol. The molecule has 1 aliphatic heterocycles. The molecule has 4 nitrogen and oxygen atoms in total. The first-order chi connectivity index (χ1) is 12.3. The molecule has 0 radical (unpaired) electrons. The molecule has 0 unspecified atom stereocenters. The van der Waals surface area contributed by atoms with Crippen molar-refractivity contribution in [2.75, 3.05) is 16.8 Å². The van der Waals surface area contributed by atoms with Crippen LogP contribution in [0.25, 0.3) is 0 Å². The van der Waals surface area contributed by atoms with Gasteiger partial charge >= 0.3 is 0 Å². The van der Waals surface area contributed by atoms with Crippen molar-refractivity contribution in [3.8, 4) is 0 Å².